The lowest BCUT2D eigenvalue weighted by Crippen LogP contribution is -2.55. The van der Waals surface area contributed by atoms with Gasteiger partial charge in [-0.3, -0.25) is 0 Å². The Morgan fingerprint density at radius 2 is 0.757 bits per heavy atom. The molecule has 2 aliphatic rings. The number of rotatable bonds is 27. The van der Waals surface area contributed by atoms with Crippen LogP contribution in [0.2, 0.25) is 12.1 Å². The van der Waals surface area contributed by atoms with Gasteiger partial charge in [0.05, 0.1) is 0 Å². The molecule has 6 aromatic carbocycles. The zero-order valence-corrected chi connectivity index (χ0v) is 46.3. The van der Waals surface area contributed by atoms with Crippen LogP contribution in [0, 0.1) is 0 Å². The summed E-state index contributed by atoms with van der Waals surface area (Å²) in [6.45, 7) is 19.3. The second kappa shape index (κ2) is 23.4. The van der Waals surface area contributed by atoms with Crippen molar-refractivity contribution in [2.24, 2.45) is 0 Å². The monoisotopic (exact) mass is 947 g/mol. The van der Waals surface area contributed by atoms with Crippen molar-refractivity contribution in [1.82, 2.24) is 0 Å². The van der Waals surface area contributed by atoms with Gasteiger partial charge in [0.2, 0.25) is 0 Å². The third-order valence-electron chi connectivity index (χ3n) is 18.4. The Bertz CT molecular complexity index is 2410. The van der Waals surface area contributed by atoms with Gasteiger partial charge in [0.25, 0.3) is 0 Å². The smallest absolute Gasteiger partial charge is 0.0654 e. The molecule has 0 spiro atoms. The van der Waals surface area contributed by atoms with Crippen LogP contribution in [0.25, 0.3) is 33.4 Å². The number of benzene rings is 6. The van der Waals surface area contributed by atoms with Crippen LogP contribution in [0.15, 0.2) is 133 Å². The van der Waals surface area contributed by atoms with E-state index in [1.54, 1.807) is 32.6 Å². The van der Waals surface area contributed by atoms with Crippen molar-refractivity contribution in [3.8, 4) is 33.4 Å². The predicted molar refractivity (Wildman–Crippen MR) is 310 cm³/mol. The summed E-state index contributed by atoms with van der Waals surface area (Å²) in [5.74, 6) is 0. The number of hydrogen-bond acceptors (Lipinski definition) is 0. The molecule has 6 aromatic rings. The fraction of sp³-hybridized carbons (Fsp3) is 0.478. The van der Waals surface area contributed by atoms with Crippen molar-refractivity contribution < 1.29 is 0 Å². The normalized spacial score (nSPS) is 15.7. The Morgan fingerprint density at radius 1 is 0.357 bits per heavy atom. The summed E-state index contributed by atoms with van der Waals surface area (Å²) in [4.78, 5) is 0. The van der Waals surface area contributed by atoms with Gasteiger partial charge in [-0.25, -0.2) is 0 Å². The van der Waals surface area contributed by atoms with E-state index in [9.17, 15) is 0 Å². The van der Waals surface area contributed by atoms with Crippen molar-refractivity contribution in [3.05, 3.63) is 167 Å². The van der Waals surface area contributed by atoms with Crippen molar-refractivity contribution in [3.63, 3.8) is 0 Å². The lowest BCUT2D eigenvalue weighted by molar-refractivity contribution is 0.400. The maximum atomic E-state index is 2.77. The molecular formula is C69H90Si. The zero-order chi connectivity index (χ0) is 49.2. The van der Waals surface area contributed by atoms with Gasteiger partial charge < -0.3 is 0 Å². The molecule has 0 aromatic heterocycles. The number of unbranched alkanes of at least 4 members (excludes halogenated alkanes) is 12. The Kier molecular flexibility index (Phi) is 17.3. The molecule has 1 aliphatic heterocycles. The summed E-state index contributed by atoms with van der Waals surface area (Å²) in [6.07, 6.45) is 25.6. The molecule has 0 bridgehead atoms. The Balaban J connectivity index is 1.28. The molecule has 0 saturated heterocycles. The second-order valence-electron chi connectivity index (χ2n) is 22.6. The minimum atomic E-state index is -2.17. The van der Waals surface area contributed by atoms with E-state index in [1.807, 2.05) is 0 Å². The van der Waals surface area contributed by atoms with Gasteiger partial charge in [0.15, 0.2) is 0 Å². The van der Waals surface area contributed by atoms with E-state index in [0.717, 1.165) is 12.8 Å². The Hall–Kier alpha value is -4.46. The van der Waals surface area contributed by atoms with Gasteiger partial charge in [0.1, 0.15) is 8.07 Å². The molecule has 2 unspecified atom stereocenters. The first-order chi connectivity index (χ1) is 34.2. The molecule has 2 atom stereocenters. The molecule has 0 radical (unpaired) electrons. The average Bonchev–Trinajstić information content (AvgIpc) is 3.83. The molecule has 0 saturated carbocycles. The molecule has 0 nitrogen and oxygen atoms in total. The molecule has 70 heavy (non-hydrogen) atoms. The molecule has 370 valence electrons. The maximum Gasteiger partial charge on any atom is 0.119 e. The molecule has 1 heterocycles. The van der Waals surface area contributed by atoms with E-state index in [4.69, 9.17) is 0 Å². The van der Waals surface area contributed by atoms with Gasteiger partial charge >= 0.3 is 0 Å². The molecule has 1 aliphatic carbocycles. The molecule has 0 amide bonds. The van der Waals surface area contributed by atoms with Crippen LogP contribution in [-0.4, -0.2) is 8.07 Å². The molecular weight excluding hydrogens is 857 g/mol. The molecule has 0 fully saturated rings. The summed E-state index contributed by atoms with van der Waals surface area (Å²) in [6, 6.07) is 56.7. The van der Waals surface area contributed by atoms with Crippen molar-refractivity contribution >= 4 is 18.4 Å². The third kappa shape index (κ3) is 10.0. The summed E-state index contributed by atoms with van der Waals surface area (Å²) < 4.78 is 0. The van der Waals surface area contributed by atoms with Crippen molar-refractivity contribution in [2.75, 3.05) is 0 Å². The highest BCUT2D eigenvalue weighted by Gasteiger charge is 2.47. The van der Waals surface area contributed by atoms with E-state index in [-0.39, 0.29) is 16.2 Å². The summed E-state index contributed by atoms with van der Waals surface area (Å²) in [5, 5.41) is 3.48. The van der Waals surface area contributed by atoms with E-state index < -0.39 is 8.07 Å². The lowest BCUT2D eigenvalue weighted by Gasteiger charge is -2.35. The minimum absolute atomic E-state index is 0.00855. The Labute approximate surface area is 428 Å². The maximum absolute atomic E-state index is 2.77. The first-order valence-corrected chi connectivity index (χ1v) is 31.3. The fourth-order valence-corrected chi connectivity index (χ4v) is 19.2. The van der Waals surface area contributed by atoms with Gasteiger partial charge in [-0.2, -0.15) is 0 Å². The second-order valence-corrected chi connectivity index (χ2v) is 26.8. The highest BCUT2D eigenvalue weighted by molar-refractivity contribution is 7.05. The SMILES string of the molecule is CCCCCCC1(CCCCCC)c2cc(-c3ccc4c(c3)[Si](CCCCCC)(CCCCCC)c3cc(C(C)(CC)c5ccccc5)ccc3-4)ccc2-c2ccc(C(C)(CC)c3ccccc3)cc21. The van der Waals surface area contributed by atoms with Crippen LogP contribution in [0.1, 0.15) is 217 Å². The van der Waals surface area contributed by atoms with Crippen LogP contribution in [0.4, 0.5) is 0 Å². The van der Waals surface area contributed by atoms with Crippen LogP contribution < -0.4 is 10.4 Å². The van der Waals surface area contributed by atoms with E-state index in [0.29, 0.717) is 0 Å². The van der Waals surface area contributed by atoms with Gasteiger partial charge in [0, 0.05) is 16.2 Å². The molecule has 8 rings (SSSR count). The lowest BCUT2D eigenvalue weighted by atomic mass is 9.68. The Morgan fingerprint density at radius 3 is 1.24 bits per heavy atom. The zero-order valence-electron chi connectivity index (χ0n) is 45.3. The first kappa shape index (κ1) is 51.9. The molecule has 0 N–H and O–H groups in total. The topological polar surface area (TPSA) is 0 Å². The van der Waals surface area contributed by atoms with E-state index in [1.165, 1.54) is 172 Å². The summed E-state index contributed by atoms with van der Waals surface area (Å²) >= 11 is 0. The first-order valence-electron chi connectivity index (χ1n) is 28.9. The highest BCUT2D eigenvalue weighted by atomic mass is 28.3. The van der Waals surface area contributed by atoms with E-state index in [2.05, 4.69) is 189 Å². The van der Waals surface area contributed by atoms with Crippen LogP contribution in [-0.2, 0) is 16.2 Å². The standard InChI is InChI=1S/C69H90Si/c1-9-15-19-29-45-69(46-30-20-16-10-2)63-49-53(37-41-59(63)60-43-39-57(51-64(60)69)67(7,13-5)55-33-25-23-26-34-55)54-38-42-61-62-44-40-58(68(8,14-6)56-35-27-24-28-36-56)52-66(62)70(65(61)50-54,47-31-21-17-11-3)48-32-22-18-12-4/h23-28,33-44,49-52H,9-22,29-32,45-48H2,1-8H3. The number of fused-ring (bicyclic) bond motifs is 6. The largest absolute Gasteiger partial charge is 0.119 e. The minimum Gasteiger partial charge on any atom is -0.0654 e. The van der Waals surface area contributed by atoms with Gasteiger partial charge in [-0.15, -0.1) is 0 Å². The predicted octanol–water partition coefficient (Wildman–Crippen LogP) is 19.7. The van der Waals surface area contributed by atoms with Crippen molar-refractivity contribution in [1.29, 1.82) is 0 Å². The quantitative estimate of drug-likeness (QED) is 0.0357. The van der Waals surface area contributed by atoms with Crippen LogP contribution >= 0.6 is 0 Å². The van der Waals surface area contributed by atoms with Crippen LogP contribution in [0.3, 0.4) is 0 Å². The fourth-order valence-electron chi connectivity index (χ4n) is 13.5. The molecule has 1 heteroatoms. The summed E-state index contributed by atoms with van der Waals surface area (Å²) in [7, 11) is -2.17. The van der Waals surface area contributed by atoms with Gasteiger partial charge in [-0.05, 0) is 121 Å². The van der Waals surface area contributed by atoms with Crippen LogP contribution in [0.5, 0.6) is 0 Å². The highest BCUT2D eigenvalue weighted by Crippen LogP contribution is 2.56. The van der Waals surface area contributed by atoms with E-state index >= 15 is 0 Å². The summed E-state index contributed by atoms with van der Waals surface area (Å²) in [5.41, 5.74) is 17.9. The average molecular weight is 948 g/mol. The van der Waals surface area contributed by atoms with Gasteiger partial charge in [-0.1, -0.05) is 286 Å². The van der Waals surface area contributed by atoms with Crippen molar-refractivity contribution in [2.45, 2.75) is 212 Å². The number of hydrogen-bond donors (Lipinski definition) is 0. The third-order valence-corrected chi connectivity index (χ3v) is 23.7.